The van der Waals surface area contributed by atoms with Gasteiger partial charge in [-0.15, -0.1) is 0 Å². The maximum atomic E-state index is 13.3. The number of benzene rings is 2. The van der Waals surface area contributed by atoms with Gasteiger partial charge in [0.1, 0.15) is 11.5 Å². The quantitative estimate of drug-likeness (QED) is 0.388. The first-order valence-electron chi connectivity index (χ1n) is 9.01. The van der Waals surface area contributed by atoms with E-state index < -0.39 is 4.92 Å². The molecule has 1 saturated heterocycles. The highest BCUT2D eigenvalue weighted by atomic mass is 19.1. The topological polar surface area (TPSA) is 72.4 Å². The molecule has 1 aliphatic rings. The standard InChI is InChI=1S/C21H22FN3O2/c22-19-5-1-3-18(14-19)13-17-8-11-24(12-9-17)10-2-4-16-6-7-20(23)21(15-16)25(26)27/h1,3,5-7,14-15,17H,8-13,23H2. The summed E-state index contributed by atoms with van der Waals surface area (Å²) in [5.41, 5.74) is 7.27. The highest BCUT2D eigenvalue weighted by molar-refractivity contribution is 5.61. The Morgan fingerprint density at radius 3 is 2.70 bits per heavy atom. The second-order valence-electron chi connectivity index (χ2n) is 6.89. The van der Waals surface area contributed by atoms with Crippen molar-refractivity contribution >= 4 is 11.4 Å². The molecule has 0 aromatic heterocycles. The van der Waals surface area contributed by atoms with Crippen LogP contribution < -0.4 is 5.73 Å². The van der Waals surface area contributed by atoms with Crippen LogP contribution in [0.5, 0.6) is 0 Å². The molecular formula is C21H22FN3O2. The van der Waals surface area contributed by atoms with Crippen molar-refractivity contribution in [3.63, 3.8) is 0 Å². The van der Waals surface area contributed by atoms with Crippen LogP contribution in [0.1, 0.15) is 24.0 Å². The van der Waals surface area contributed by atoms with Gasteiger partial charge in [0, 0.05) is 11.6 Å². The zero-order chi connectivity index (χ0) is 19.2. The monoisotopic (exact) mass is 367 g/mol. The zero-order valence-corrected chi connectivity index (χ0v) is 15.0. The van der Waals surface area contributed by atoms with E-state index in [-0.39, 0.29) is 17.2 Å². The lowest BCUT2D eigenvalue weighted by molar-refractivity contribution is -0.383. The van der Waals surface area contributed by atoms with Gasteiger partial charge < -0.3 is 5.73 Å². The first kappa shape index (κ1) is 18.9. The molecule has 0 unspecified atom stereocenters. The molecular weight excluding hydrogens is 345 g/mol. The van der Waals surface area contributed by atoms with E-state index in [4.69, 9.17) is 5.73 Å². The summed E-state index contributed by atoms with van der Waals surface area (Å²) >= 11 is 0. The molecule has 0 aliphatic carbocycles. The maximum Gasteiger partial charge on any atom is 0.293 e. The van der Waals surface area contributed by atoms with Crippen molar-refractivity contribution in [1.29, 1.82) is 0 Å². The van der Waals surface area contributed by atoms with Crippen LogP contribution in [-0.2, 0) is 6.42 Å². The molecule has 3 rings (SSSR count). The van der Waals surface area contributed by atoms with Crippen LogP contribution in [-0.4, -0.2) is 29.5 Å². The number of hydrogen-bond donors (Lipinski definition) is 1. The van der Waals surface area contributed by atoms with E-state index in [9.17, 15) is 14.5 Å². The Morgan fingerprint density at radius 2 is 2.00 bits per heavy atom. The number of likely N-dealkylation sites (tertiary alicyclic amines) is 1. The van der Waals surface area contributed by atoms with E-state index in [0.29, 0.717) is 18.0 Å². The highest BCUT2D eigenvalue weighted by Gasteiger charge is 2.19. The number of nitrogen functional groups attached to an aromatic ring is 1. The number of nitrogens with two attached hydrogens (primary N) is 1. The normalized spacial score (nSPS) is 15.1. The van der Waals surface area contributed by atoms with Crippen LogP contribution in [0.4, 0.5) is 15.8 Å². The summed E-state index contributed by atoms with van der Waals surface area (Å²) in [6.07, 6.45) is 3.03. The van der Waals surface area contributed by atoms with Crippen molar-refractivity contribution in [3.05, 3.63) is 69.5 Å². The lowest BCUT2D eigenvalue weighted by atomic mass is 9.90. The number of rotatable bonds is 4. The van der Waals surface area contributed by atoms with E-state index in [2.05, 4.69) is 16.7 Å². The summed E-state index contributed by atoms with van der Waals surface area (Å²) in [5.74, 6) is 6.46. The van der Waals surface area contributed by atoms with Crippen molar-refractivity contribution in [1.82, 2.24) is 4.90 Å². The van der Waals surface area contributed by atoms with Crippen LogP contribution in [0.3, 0.4) is 0 Å². The van der Waals surface area contributed by atoms with Crippen molar-refractivity contribution in [2.75, 3.05) is 25.4 Å². The van der Waals surface area contributed by atoms with Gasteiger partial charge in [0.25, 0.3) is 5.69 Å². The van der Waals surface area contributed by atoms with Gasteiger partial charge in [-0.25, -0.2) is 4.39 Å². The Hall–Kier alpha value is -2.91. The lowest BCUT2D eigenvalue weighted by Gasteiger charge is -2.30. The van der Waals surface area contributed by atoms with E-state index in [1.54, 1.807) is 18.2 Å². The first-order chi connectivity index (χ1) is 13.0. The third kappa shape index (κ3) is 5.28. The SMILES string of the molecule is Nc1ccc(C#CCN2CCC(Cc3cccc(F)c3)CC2)cc1[N+](=O)[O-]. The third-order valence-electron chi connectivity index (χ3n) is 4.88. The molecule has 140 valence electrons. The fourth-order valence-corrected chi connectivity index (χ4v) is 3.38. The average Bonchev–Trinajstić information content (AvgIpc) is 2.64. The lowest BCUT2D eigenvalue weighted by Crippen LogP contribution is -2.34. The summed E-state index contributed by atoms with van der Waals surface area (Å²) in [6.45, 7) is 2.54. The van der Waals surface area contributed by atoms with Gasteiger partial charge in [-0.2, -0.15) is 0 Å². The Bertz CT molecular complexity index is 880. The van der Waals surface area contributed by atoms with Crippen LogP contribution in [0.2, 0.25) is 0 Å². The number of nitro groups is 1. The summed E-state index contributed by atoms with van der Waals surface area (Å²) in [5, 5.41) is 10.9. The number of piperidine rings is 1. The van der Waals surface area contributed by atoms with Gasteiger partial charge >= 0.3 is 0 Å². The molecule has 6 heteroatoms. The molecule has 0 bridgehead atoms. The Labute approximate surface area is 158 Å². The highest BCUT2D eigenvalue weighted by Crippen LogP contribution is 2.23. The molecule has 1 fully saturated rings. The van der Waals surface area contributed by atoms with Crippen LogP contribution in [0.25, 0.3) is 0 Å². The van der Waals surface area contributed by atoms with Gasteiger partial charge in [0.05, 0.1) is 11.5 Å². The summed E-state index contributed by atoms with van der Waals surface area (Å²) in [4.78, 5) is 12.7. The van der Waals surface area contributed by atoms with E-state index in [0.717, 1.165) is 37.9 Å². The minimum atomic E-state index is -0.496. The fraction of sp³-hybridized carbons (Fsp3) is 0.333. The second-order valence-corrected chi connectivity index (χ2v) is 6.89. The number of halogens is 1. The Kier molecular flexibility index (Phi) is 6.05. The first-order valence-corrected chi connectivity index (χ1v) is 9.01. The van der Waals surface area contributed by atoms with Gasteiger partial charge in [0.2, 0.25) is 0 Å². The molecule has 5 nitrogen and oxygen atoms in total. The third-order valence-corrected chi connectivity index (χ3v) is 4.88. The minimum Gasteiger partial charge on any atom is -0.393 e. The van der Waals surface area contributed by atoms with Gasteiger partial charge in [-0.05, 0) is 68.1 Å². The van der Waals surface area contributed by atoms with Crippen molar-refractivity contribution < 1.29 is 9.31 Å². The summed E-state index contributed by atoms with van der Waals surface area (Å²) in [7, 11) is 0. The van der Waals surface area contributed by atoms with E-state index in [1.165, 1.54) is 18.2 Å². The molecule has 1 heterocycles. The Morgan fingerprint density at radius 1 is 1.22 bits per heavy atom. The van der Waals surface area contributed by atoms with Gasteiger partial charge in [-0.3, -0.25) is 15.0 Å². The Balaban J connectivity index is 1.50. The van der Waals surface area contributed by atoms with Crippen LogP contribution in [0, 0.1) is 33.7 Å². The molecule has 0 radical (unpaired) electrons. The predicted molar refractivity (Wildman–Crippen MR) is 104 cm³/mol. The molecule has 27 heavy (non-hydrogen) atoms. The fourth-order valence-electron chi connectivity index (χ4n) is 3.38. The number of anilines is 1. The van der Waals surface area contributed by atoms with Crippen LogP contribution >= 0.6 is 0 Å². The number of nitrogens with zero attached hydrogens (tertiary/aromatic N) is 2. The molecule has 2 aromatic rings. The molecule has 2 aromatic carbocycles. The van der Waals surface area contributed by atoms with Crippen molar-refractivity contribution in [2.45, 2.75) is 19.3 Å². The predicted octanol–water partition coefficient (Wildman–Crippen LogP) is 3.62. The maximum absolute atomic E-state index is 13.3. The molecule has 2 N–H and O–H groups in total. The minimum absolute atomic E-state index is 0.111. The molecule has 0 atom stereocenters. The van der Waals surface area contributed by atoms with Crippen molar-refractivity contribution in [2.24, 2.45) is 5.92 Å². The van der Waals surface area contributed by atoms with E-state index in [1.807, 2.05) is 6.07 Å². The number of hydrogen-bond acceptors (Lipinski definition) is 4. The van der Waals surface area contributed by atoms with Gasteiger partial charge in [0.15, 0.2) is 0 Å². The molecule has 0 amide bonds. The molecule has 0 spiro atoms. The second kappa shape index (κ2) is 8.65. The number of nitro benzene ring substituents is 1. The zero-order valence-electron chi connectivity index (χ0n) is 15.0. The van der Waals surface area contributed by atoms with Gasteiger partial charge in [-0.1, -0.05) is 24.0 Å². The molecule has 0 saturated carbocycles. The molecule has 1 aliphatic heterocycles. The summed E-state index contributed by atoms with van der Waals surface area (Å²) in [6, 6.07) is 11.4. The van der Waals surface area contributed by atoms with E-state index >= 15 is 0 Å². The van der Waals surface area contributed by atoms with Crippen molar-refractivity contribution in [3.8, 4) is 11.8 Å². The largest absolute Gasteiger partial charge is 0.393 e. The van der Waals surface area contributed by atoms with Crippen LogP contribution in [0.15, 0.2) is 42.5 Å². The average molecular weight is 367 g/mol. The smallest absolute Gasteiger partial charge is 0.293 e. The summed E-state index contributed by atoms with van der Waals surface area (Å²) < 4.78 is 13.3.